The van der Waals surface area contributed by atoms with Gasteiger partial charge in [0.15, 0.2) is 11.6 Å². The number of hydrogen-bond acceptors (Lipinski definition) is 2. The smallest absolute Gasteiger partial charge is 0.254 e. The highest BCUT2D eigenvalue weighted by molar-refractivity contribution is 5.94. The van der Waals surface area contributed by atoms with Crippen LogP contribution in [-0.4, -0.2) is 30.0 Å². The molecule has 0 bridgehead atoms. The van der Waals surface area contributed by atoms with Gasteiger partial charge in [-0.15, -0.1) is 0 Å². The third kappa shape index (κ3) is 2.86. The maximum absolute atomic E-state index is 13.1. The molecule has 1 aliphatic rings. The highest BCUT2D eigenvalue weighted by atomic mass is 19.2. The fourth-order valence-electron chi connectivity index (χ4n) is 2.18. The molecule has 0 radical (unpaired) electrons. The maximum atomic E-state index is 13.1. The predicted octanol–water partition coefficient (Wildman–Crippen LogP) is 2.87. The Balaban J connectivity index is 1.56. The van der Waals surface area contributed by atoms with Crippen LogP contribution in [0.5, 0.6) is 5.75 Å². The van der Waals surface area contributed by atoms with Crippen molar-refractivity contribution in [3.63, 3.8) is 0 Å². The van der Waals surface area contributed by atoms with Crippen LogP contribution in [0.1, 0.15) is 10.4 Å². The van der Waals surface area contributed by atoms with Crippen molar-refractivity contribution in [3.8, 4) is 5.75 Å². The third-order valence-electron chi connectivity index (χ3n) is 3.35. The molecule has 0 unspecified atom stereocenters. The zero-order chi connectivity index (χ0) is 14.8. The summed E-state index contributed by atoms with van der Waals surface area (Å²) in [6, 6.07) is 12.4. The van der Waals surface area contributed by atoms with Gasteiger partial charge in [0.25, 0.3) is 5.91 Å². The fourth-order valence-corrected chi connectivity index (χ4v) is 2.18. The van der Waals surface area contributed by atoms with E-state index in [4.69, 9.17) is 4.74 Å². The quantitative estimate of drug-likeness (QED) is 0.869. The molecule has 1 saturated heterocycles. The second-order valence-corrected chi connectivity index (χ2v) is 4.89. The SMILES string of the molecule is O=C(c1ccccc1)N1CC(Oc2ccc(F)c(F)c2)C1. The number of benzene rings is 2. The van der Waals surface area contributed by atoms with E-state index < -0.39 is 11.6 Å². The van der Waals surface area contributed by atoms with Crippen LogP contribution in [0.25, 0.3) is 0 Å². The fraction of sp³-hybridized carbons (Fsp3) is 0.188. The molecule has 1 fully saturated rings. The molecule has 0 N–H and O–H groups in total. The van der Waals surface area contributed by atoms with Gasteiger partial charge in [-0.05, 0) is 24.3 Å². The van der Waals surface area contributed by atoms with Crippen molar-refractivity contribution in [1.29, 1.82) is 0 Å². The van der Waals surface area contributed by atoms with Crippen LogP contribution in [0, 0.1) is 11.6 Å². The van der Waals surface area contributed by atoms with E-state index in [2.05, 4.69) is 0 Å². The minimum atomic E-state index is -0.941. The van der Waals surface area contributed by atoms with Crippen molar-refractivity contribution < 1.29 is 18.3 Å². The second kappa shape index (κ2) is 5.52. The minimum absolute atomic E-state index is 0.0549. The molecule has 0 atom stereocenters. The van der Waals surface area contributed by atoms with Gasteiger partial charge < -0.3 is 9.64 Å². The Kier molecular flexibility index (Phi) is 3.56. The standard InChI is InChI=1S/C16H13F2NO2/c17-14-7-6-12(8-15(14)18)21-13-9-19(10-13)16(20)11-4-2-1-3-5-11/h1-8,13H,9-10H2. The average molecular weight is 289 g/mol. The number of halogens is 2. The molecule has 5 heteroatoms. The number of amides is 1. The predicted molar refractivity (Wildman–Crippen MR) is 73.1 cm³/mol. The van der Waals surface area contributed by atoms with E-state index >= 15 is 0 Å². The molecule has 2 aromatic carbocycles. The summed E-state index contributed by atoms with van der Waals surface area (Å²) in [6.07, 6.45) is -0.192. The molecule has 0 spiro atoms. The summed E-state index contributed by atoms with van der Waals surface area (Å²) in [5.41, 5.74) is 0.628. The number of nitrogens with zero attached hydrogens (tertiary/aromatic N) is 1. The van der Waals surface area contributed by atoms with Gasteiger partial charge in [-0.25, -0.2) is 8.78 Å². The van der Waals surface area contributed by atoms with Crippen molar-refractivity contribution >= 4 is 5.91 Å². The molecular weight excluding hydrogens is 276 g/mol. The number of likely N-dealkylation sites (tertiary alicyclic amines) is 1. The van der Waals surface area contributed by atoms with E-state index in [1.165, 1.54) is 6.07 Å². The zero-order valence-electron chi connectivity index (χ0n) is 11.1. The van der Waals surface area contributed by atoms with Crippen LogP contribution in [0.4, 0.5) is 8.78 Å². The topological polar surface area (TPSA) is 29.5 Å². The second-order valence-electron chi connectivity index (χ2n) is 4.89. The van der Waals surface area contributed by atoms with Crippen molar-refractivity contribution in [2.24, 2.45) is 0 Å². The highest BCUT2D eigenvalue weighted by Crippen LogP contribution is 2.21. The number of ether oxygens (including phenoxy) is 1. The van der Waals surface area contributed by atoms with Gasteiger partial charge in [-0.1, -0.05) is 18.2 Å². The first-order chi connectivity index (χ1) is 10.1. The van der Waals surface area contributed by atoms with Crippen LogP contribution >= 0.6 is 0 Å². The lowest BCUT2D eigenvalue weighted by molar-refractivity contribution is 0.0176. The van der Waals surface area contributed by atoms with Crippen LogP contribution < -0.4 is 4.74 Å². The summed E-state index contributed by atoms with van der Waals surface area (Å²) >= 11 is 0. The van der Waals surface area contributed by atoms with Gasteiger partial charge in [0.2, 0.25) is 0 Å². The highest BCUT2D eigenvalue weighted by Gasteiger charge is 2.32. The number of rotatable bonds is 3. The van der Waals surface area contributed by atoms with E-state index in [0.29, 0.717) is 18.7 Å². The molecule has 108 valence electrons. The Morgan fingerprint density at radius 2 is 1.76 bits per heavy atom. The largest absolute Gasteiger partial charge is 0.487 e. The molecule has 21 heavy (non-hydrogen) atoms. The molecule has 0 aliphatic carbocycles. The van der Waals surface area contributed by atoms with Gasteiger partial charge in [-0.2, -0.15) is 0 Å². The number of carbonyl (C=O) groups is 1. The molecule has 1 aliphatic heterocycles. The van der Waals surface area contributed by atoms with Gasteiger partial charge in [0.1, 0.15) is 11.9 Å². The normalized spacial score (nSPS) is 14.7. The Bertz CT molecular complexity index is 655. The number of hydrogen-bond donors (Lipinski definition) is 0. The summed E-state index contributed by atoms with van der Waals surface area (Å²) in [7, 11) is 0. The zero-order valence-corrected chi connectivity index (χ0v) is 11.1. The van der Waals surface area contributed by atoms with Crippen molar-refractivity contribution in [2.75, 3.05) is 13.1 Å². The van der Waals surface area contributed by atoms with Gasteiger partial charge in [-0.3, -0.25) is 4.79 Å². The van der Waals surface area contributed by atoms with E-state index in [1.807, 2.05) is 18.2 Å². The Hall–Kier alpha value is -2.43. The van der Waals surface area contributed by atoms with Crippen molar-refractivity contribution in [1.82, 2.24) is 4.90 Å². The van der Waals surface area contributed by atoms with Crippen molar-refractivity contribution in [3.05, 3.63) is 65.7 Å². The van der Waals surface area contributed by atoms with E-state index in [1.54, 1.807) is 17.0 Å². The Labute approximate surface area is 120 Å². The molecular formula is C16H13F2NO2. The maximum Gasteiger partial charge on any atom is 0.254 e. The minimum Gasteiger partial charge on any atom is -0.487 e. The van der Waals surface area contributed by atoms with E-state index in [9.17, 15) is 13.6 Å². The first-order valence-corrected chi connectivity index (χ1v) is 6.59. The summed E-state index contributed by atoms with van der Waals surface area (Å²) in [5, 5.41) is 0. The summed E-state index contributed by atoms with van der Waals surface area (Å²) in [6.45, 7) is 0.874. The van der Waals surface area contributed by atoms with E-state index in [-0.39, 0.29) is 17.8 Å². The monoisotopic (exact) mass is 289 g/mol. The first-order valence-electron chi connectivity index (χ1n) is 6.59. The Morgan fingerprint density at radius 3 is 2.43 bits per heavy atom. The average Bonchev–Trinajstić information content (AvgIpc) is 2.46. The van der Waals surface area contributed by atoms with Gasteiger partial charge in [0.05, 0.1) is 13.1 Å². The molecule has 0 saturated carbocycles. The van der Waals surface area contributed by atoms with Crippen LogP contribution in [0.3, 0.4) is 0 Å². The van der Waals surface area contributed by atoms with Crippen LogP contribution in [0.15, 0.2) is 48.5 Å². The molecule has 3 nitrogen and oxygen atoms in total. The van der Waals surface area contributed by atoms with Crippen molar-refractivity contribution in [2.45, 2.75) is 6.10 Å². The summed E-state index contributed by atoms with van der Waals surface area (Å²) in [5.74, 6) is -1.63. The molecule has 3 rings (SSSR count). The van der Waals surface area contributed by atoms with Crippen LogP contribution in [-0.2, 0) is 0 Å². The molecule has 1 heterocycles. The molecule has 2 aromatic rings. The van der Waals surface area contributed by atoms with E-state index in [0.717, 1.165) is 12.1 Å². The molecule has 1 amide bonds. The van der Waals surface area contributed by atoms with Gasteiger partial charge >= 0.3 is 0 Å². The lowest BCUT2D eigenvalue weighted by Crippen LogP contribution is -2.56. The molecule has 0 aromatic heterocycles. The summed E-state index contributed by atoms with van der Waals surface area (Å²) < 4.78 is 31.4. The first kappa shape index (κ1) is 13.5. The number of carbonyl (C=O) groups excluding carboxylic acids is 1. The lowest BCUT2D eigenvalue weighted by atomic mass is 10.1. The van der Waals surface area contributed by atoms with Crippen LogP contribution in [0.2, 0.25) is 0 Å². The third-order valence-corrected chi connectivity index (χ3v) is 3.35. The lowest BCUT2D eigenvalue weighted by Gasteiger charge is -2.39. The Morgan fingerprint density at radius 1 is 1.05 bits per heavy atom. The van der Waals surface area contributed by atoms with Gasteiger partial charge in [0, 0.05) is 11.6 Å². The summed E-state index contributed by atoms with van der Waals surface area (Å²) in [4.78, 5) is 13.7.